The lowest BCUT2D eigenvalue weighted by Gasteiger charge is -2.30. The average Bonchev–Trinajstić information content (AvgIpc) is 3.51. The van der Waals surface area contributed by atoms with E-state index >= 15 is 0 Å². The Labute approximate surface area is 216 Å². The van der Waals surface area contributed by atoms with Crippen LogP contribution in [0.1, 0.15) is 56.2 Å². The minimum atomic E-state index is -0.420. The van der Waals surface area contributed by atoms with Gasteiger partial charge in [-0.05, 0) is 80.7 Å². The minimum absolute atomic E-state index is 0.0551. The van der Waals surface area contributed by atoms with Gasteiger partial charge >= 0.3 is 6.09 Å². The zero-order chi connectivity index (χ0) is 25.4. The van der Waals surface area contributed by atoms with Gasteiger partial charge in [0.1, 0.15) is 12.2 Å². The third kappa shape index (κ3) is 4.72. The first-order valence-corrected chi connectivity index (χ1v) is 13.2. The van der Waals surface area contributed by atoms with Crippen LogP contribution >= 0.6 is 0 Å². The Hall–Kier alpha value is -4.05. The van der Waals surface area contributed by atoms with E-state index in [9.17, 15) is 10.1 Å². The maximum atomic E-state index is 12.3. The number of carbonyl (C=O) groups is 1. The second-order valence-corrected chi connectivity index (χ2v) is 10.3. The maximum absolute atomic E-state index is 12.3. The van der Waals surface area contributed by atoms with Gasteiger partial charge in [0.25, 0.3) is 0 Å². The van der Waals surface area contributed by atoms with Crippen molar-refractivity contribution in [2.24, 2.45) is 5.92 Å². The van der Waals surface area contributed by atoms with Crippen molar-refractivity contribution in [3.05, 3.63) is 72.3 Å². The summed E-state index contributed by atoms with van der Waals surface area (Å²) < 4.78 is 9.96. The molecule has 4 aromatic rings. The van der Waals surface area contributed by atoms with Crippen molar-refractivity contribution >= 4 is 22.7 Å². The predicted molar refractivity (Wildman–Crippen MR) is 143 cm³/mol. The zero-order valence-electron chi connectivity index (χ0n) is 21.1. The molecule has 2 aliphatic carbocycles. The van der Waals surface area contributed by atoms with E-state index in [0.717, 1.165) is 60.8 Å². The Bertz CT molecular complexity index is 1450. The number of rotatable bonds is 8. The molecule has 0 aliphatic heterocycles. The van der Waals surface area contributed by atoms with E-state index < -0.39 is 6.09 Å². The van der Waals surface area contributed by atoms with E-state index in [2.05, 4.69) is 43.7 Å². The third-order valence-corrected chi connectivity index (χ3v) is 7.82. The second-order valence-electron chi connectivity index (χ2n) is 10.3. The molecule has 1 N–H and O–H groups in total. The molecule has 6 rings (SSSR count). The number of amides is 1. The molecule has 2 aromatic heterocycles. The zero-order valence-corrected chi connectivity index (χ0v) is 21.1. The first-order valence-electron chi connectivity index (χ1n) is 13.2. The lowest BCUT2D eigenvalue weighted by Crippen LogP contribution is -2.21. The van der Waals surface area contributed by atoms with Gasteiger partial charge in [-0.15, -0.1) is 0 Å². The molecule has 2 heterocycles. The Balaban J connectivity index is 1.30. The number of nitrogens with one attached hydrogen (secondary N) is 1. The summed E-state index contributed by atoms with van der Waals surface area (Å²) in [7, 11) is 0. The van der Waals surface area contributed by atoms with Crippen molar-refractivity contribution in [3.8, 4) is 17.3 Å². The van der Waals surface area contributed by atoms with Gasteiger partial charge in [0.05, 0.1) is 23.1 Å². The van der Waals surface area contributed by atoms with Crippen LogP contribution in [0.4, 0.5) is 10.5 Å². The lowest BCUT2D eigenvalue weighted by atomic mass is 9.92. The van der Waals surface area contributed by atoms with Gasteiger partial charge in [0.2, 0.25) is 0 Å². The van der Waals surface area contributed by atoms with Gasteiger partial charge in [-0.1, -0.05) is 24.3 Å². The molecule has 2 saturated carbocycles. The number of ether oxygens (including phenoxy) is 1. The summed E-state index contributed by atoms with van der Waals surface area (Å²) in [6.45, 7) is 2.82. The SMILES string of the molecule is CC(OC(=O)Nc1ccc(-c2c(C#N)c3ccc(CCn4ccnc4)cc3n2C2CCC2)cc1)C1CC1. The largest absolute Gasteiger partial charge is 0.446 e. The molecule has 7 heteroatoms. The molecule has 7 nitrogen and oxygen atoms in total. The maximum Gasteiger partial charge on any atom is 0.411 e. The Kier molecular flexibility index (Phi) is 6.17. The fourth-order valence-corrected chi connectivity index (χ4v) is 5.30. The molecule has 2 aromatic carbocycles. The highest BCUT2D eigenvalue weighted by molar-refractivity contribution is 5.95. The average molecular weight is 494 g/mol. The molecule has 188 valence electrons. The van der Waals surface area contributed by atoms with E-state index in [1.807, 2.05) is 43.7 Å². The number of benzene rings is 2. The Morgan fingerprint density at radius 3 is 2.65 bits per heavy atom. The normalized spacial score (nSPS) is 16.2. The summed E-state index contributed by atoms with van der Waals surface area (Å²) in [5.74, 6) is 0.498. The summed E-state index contributed by atoms with van der Waals surface area (Å²) in [6, 6.07) is 17.1. The van der Waals surface area contributed by atoms with Crippen LogP contribution in [-0.4, -0.2) is 26.3 Å². The van der Waals surface area contributed by atoms with E-state index in [4.69, 9.17) is 4.74 Å². The third-order valence-electron chi connectivity index (χ3n) is 7.82. The number of hydrogen-bond donors (Lipinski definition) is 1. The number of carbonyl (C=O) groups excluding carboxylic acids is 1. The molecular formula is C30H31N5O2. The van der Waals surface area contributed by atoms with Crippen LogP contribution in [0.3, 0.4) is 0 Å². The summed E-state index contributed by atoms with van der Waals surface area (Å²) in [6.07, 6.45) is 11.7. The van der Waals surface area contributed by atoms with Gasteiger partial charge in [-0.3, -0.25) is 5.32 Å². The van der Waals surface area contributed by atoms with E-state index in [1.54, 1.807) is 6.20 Å². The molecule has 1 unspecified atom stereocenters. The fraction of sp³-hybridized carbons (Fsp3) is 0.367. The van der Waals surface area contributed by atoms with Crippen LogP contribution in [0.25, 0.3) is 22.2 Å². The number of hydrogen-bond acceptors (Lipinski definition) is 4. The topological polar surface area (TPSA) is 84.9 Å². The van der Waals surface area contributed by atoms with Crippen molar-refractivity contribution in [2.75, 3.05) is 5.32 Å². The molecule has 1 amide bonds. The molecule has 1 atom stereocenters. The Morgan fingerprint density at radius 2 is 2.00 bits per heavy atom. The molecule has 2 aliphatic rings. The summed E-state index contributed by atoms with van der Waals surface area (Å²) in [5, 5.41) is 14.1. The fourth-order valence-electron chi connectivity index (χ4n) is 5.30. The number of aryl methyl sites for hydroxylation is 2. The van der Waals surface area contributed by atoms with Crippen molar-refractivity contribution < 1.29 is 9.53 Å². The monoisotopic (exact) mass is 493 g/mol. The van der Waals surface area contributed by atoms with E-state index in [1.165, 1.54) is 12.0 Å². The summed E-state index contributed by atoms with van der Waals surface area (Å²) >= 11 is 0. The van der Waals surface area contributed by atoms with E-state index in [0.29, 0.717) is 23.2 Å². The highest BCUT2D eigenvalue weighted by Gasteiger charge is 2.31. The van der Waals surface area contributed by atoms with Crippen molar-refractivity contribution in [2.45, 2.75) is 64.1 Å². The first kappa shape index (κ1) is 23.4. The molecule has 2 fully saturated rings. The second kappa shape index (κ2) is 9.78. The van der Waals surface area contributed by atoms with Crippen molar-refractivity contribution in [1.29, 1.82) is 5.26 Å². The Morgan fingerprint density at radius 1 is 1.19 bits per heavy atom. The van der Waals surface area contributed by atoms with Crippen LogP contribution in [0, 0.1) is 17.2 Å². The smallest absolute Gasteiger partial charge is 0.411 e. The number of nitrogens with zero attached hydrogens (tertiary/aromatic N) is 4. The molecule has 37 heavy (non-hydrogen) atoms. The lowest BCUT2D eigenvalue weighted by molar-refractivity contribution is 0.108. The van der Waals surface area contributed by atoms with Crippen LogP contribution < -0.4 is 5.32 Å². The number of fused-ring (bicyclic) bond motifs is 1. The molecule has 0 saturated heterocycles. The molecule has 0 bridgehead atoms. The van der Waals surface area contributed by atoms with Crippen LogP contribution in [0.5, 0.6) is 0 Å². The first-order chi connectivity index (χ1) is 18.1. The molecule has 0 spiro atoms. The van der Waals surface area contributed by atoms with Gasteiger partial charge in [-0.25, -0.2) is 9.78 Å². The quantitative estimate of drug-likeness (QED) is 0.296. The highest BCUT2D eigenvalue weighted by Crippen LogP contribution is 2.43. The van der Waals surface area contributed by atoms with Gasteiger partial charge in [0.15, 0.2) is 0 Å². The minimum Gasteiger partial charge on any atom is -0.446 e. The summed E-state index contributed by atoms with van der Waals surface area (Å²) in [5.41, 5.74) is 5.70. The van der Waals surface area contributed by atoms with Crippen LogP contribution in [0.2, 0.25) is 0 Å². The van der Waals surface area contributed by atoms with Crippen LogP contribution in [0.15, 0.2) is 61.2 Å². The standard InChI is InChI=1S/C30H31N5O2/c1-20(22-6-7-22)37-30(36)33-24-10-8-23(9-11-24)29-27(18-31)26-12-5-21(13-15-34-16-14-32-19-34)17-28(26)35(29)25-3-2-4-25/h5,8-12,14,16-17,19-20,22,25H,2-4,6-7,13,15H2,1H3,(H,33,36). The van der Waals surface area contributed by atoms with E-state index in [-0.39, 0.29) is 6.10 Å². The van der Waals surface area contributed by atoms with Gasteiger partial charge in [0, 0.05) is 36.1 Å². The van der Waals surface area contributed by atoms with Crippen LogP contribution in [-0.2, 0) is 17.7 Å². The van der Waals surface area contributed by atoms with Gasteiger partial charge < -0.3 is 13.9 Å². The number of anilines is 1. The van der Waals surface area contributed by atoms with Crippen molar-refractivity contribution in [3.63, 3.8) is 0 Å². The van der Waals surface area contributed by atoms with Crippen molar-refractivity contribution in [1.82, 2.24) is 14.1 Å². The predicted octanol–water partition coefficient (Wildman–Crippen LogP) is 6.69. The van der Waals surface area contributed by atoms with Gasteiger partial charge in [-0.2, -0.15) is 5.26 Å². The number of imidazole rings is 1. The number of aromatic nitrogens is 3. The molecular weight excluding hydrogens is 462 g/mol. The summed E-state index contributed by atoms with van der Waals surface area (Å²) in [4.78, 5) is 16.4. The number of nitriles is 1. The highest BCUT2D eigenvalue weighted by atomic mass is 16.6. The molecule has 0 radical (unpaired) electrons.